The fourth-order valence-electron chi connectivity index (χ4n) is 2.41. The summed E-state index contributed by atoms with van der Waals surface area (Å²) in [4.78, 5) is 11.9. The molecular weight excluding hydrogens is 276 g/mol. The van der Waals surface area contributed by atoms with Crippen molar-refractivity contribution in [3.05, 3.63) is 29.8 Å². The molecule has 20 heavy (non-hydrogen) atoms. The number of carbonyl (C=O) groups is 1. The molecule has 1 heterocycles. The zero-order valence-corrected chi connectivity index (χ0v) is 12.6. The summed E-state index contributed by atoms with van der Waals surface area (Å²) in [6, 6.07) is 6.95. The number of benzene rings is 1. The van der Waals surface area contributed by atoms with Crippen LogP contribution in [0.4, 0.5) is 0 Å². The van der Waals surface area contributed by atoms with E-state index in [4.69, 9.17) is 0 Å². The molecule has 0 bridgehead atoms. The number of hydrogen-bond acceptors (Lipinski definition) is 3. The van der Waals surface area contributed by atoms with Gasteiger partial charge in [-0.25, -0.2) is 8.42 Å². The molecule has 1 saturated heterocycles. The molecule has 5 nitrogen and oxygen atoms in total. The third kappa shape index (κ3) is 2.86. The van der Waals surface area contributed by atoms with E-state index in [0.717, 1.165) is 12.0 Å². The third-order valence-electron chi connectivity index (χ3n) is 3.74. The summed E-state index contributed by atoms with van der Waals surface area (Å²) in [6.45, 7) is 2.69. The Labute approximate surface area is 120 Å². The van der Waals surface area contributed by atoms with Gasteiger partial charge in [0.05, 0.1) is 10.8 Å². The van der Waals surface area contributed by atoms with Crippen LogP contribution >= 0.6 is 0 Å². The maximum absolute atomic E-state index is 12.5. The number of sulfonamides is 1. The van der Waals surface area contributed by atoms with Crippen molar-refractivity contribution in [1.29, 1.82) is 0 Å². The molecule has 2 rings (SSSR count). The zero-order valence-electron chi connectivity index (χ0n) is 11.8. The van der Waals surface area contributed by atoms with Crippen LogP contribution in [0.1, 0.15) is 18.9 Å². The monoisotopic (exact) mass is 296 g/mol. The van der Waals surface area contributed by atoms with Crippen LogP contribution in [-0.4, -0.2) is 38.8 Å². The summed E-state index contributed by atoms with van der Waals surface area (Å²) in [5.41, 5.74) is 1.11. The highest BCUT2D eigenvalue weighted by Crippen LogP contribution is 2.24. The fraction of sp³-hybridized carbons (Fsp3) is 0.500. The SMILES string of the molecule is CCc1ccc(S(=O)(=O)N2CCC(C(=O)NC)C2)cc1. The molecule has 0 spiro atoms. The second kappa shape index (κ2) is 5.93. The third-order valence-corrected chi connectivity index (χ3v) is 5.62. The molecule has 0 aromatic heterocycles. The largest absolute Gasteiger partial charge is 0.359 e. The minimum absolute atomic E-state index is 0.0935. The molecule has 0 aliphatic carbocycles. The van der Waals surface area contributed by atoms with Gasteiger partial charge in [0.2, 0.25) is 15.9 Å². The van der Waals surface area contributed by atoms with Crippen LogP contribution in [0.3, 0.4) is 0 Å². The molecule has 6 heteroatoms. The predicted molar refractivity (Wildman–Crippen MR) is 76.8 cm³/mol. The maximum atomic E-state index is 12.5. The molecule has 1 fully saturated rings. The number of nitrogens with zero attached hydrogens (tertiary/aromatic N) is 1. The Hall–Kier alpha value is -1.40. The normalized spacial score (nSPS) is 20.0. The number of rotatable bonds is 4. The first kappa shape index (κ1) is 15.0. The number of amides is 1. The number of hydrogen-bond donors (Lipinski definition) is 1. The molecule has 0 radical (unpaired) electrons. The van der Waals surface area contributed by atoms with Crippen LogP contribution in [0.5, 0.6) is 0 Å². The van der Waals surface area contributed by atoms with Gasteiger partial charge in [0.15, 0.2) is 0 Å². The molecule has 1 amide bonds. The zero-order chi connectivity index (χ0) is 14.8. The molecule has 1 atom stereocenters. The van der Waals surface area contributed by atoms with Gasteiger partial charge >= 0.3 is 0 Å². The molecule has 110 valence electrons. The van der Waals surface area contributed by atoms with Crippen molar-refractivity contribution in [2.24, 2.45) is 5.92 Å². The van der Waals surface area contributed by atoms with E-state index in [0.29, 0.717) is 17.9 Å². The Morgan fingerprint density at radius 1 is 1.35 bits per heavy atom. The van der Waals surface area contributed by atoms with Gasteiger partial charge < -0.3 is 5.32 Å². The minimum atomic E-state index is -3.49. The highest BCUT2D eigenvalue weighted by Gasteiger charge is 2.35. The van der Waals surface area contributed by atoms with E-state index in [1.54, 1.807) is 19.2 Å². The van der Waals surface area contributed by atoms with Crippen LogP contribution in [0.2, 0.25) is 0 Å². The summed E-state index contributed by atoms with van der Waals surface area (Å²) in [6.07, 6.45) is 1.45. The first-order valence-corrected chi connectivity index (χ1v) is 8.23. The summed E-state index contributed by atoms with van der Waals surface area (Å²) in [5, 5.41) is 2.57. The Morgan fingerprint density at radius 2 is 2.00 bits per heavy atom. The molecule has 1 aliphatic heterocycles. The van der Waals surface area contributed by atoms with Gasteiger partial charge in [0, 0.05) is 20.1 Å². The first-order valence-electron chi connectivity index (χ1n) is 6.79. The summed E-state index contributed by atoms with van der Waals surface area (Å²) >= 11 is 0. The fourth-order valence-corrected chi connectivity index (χ4v) is 3.91. The number of carbonyl (C=O) groups excluding carboxylic acids is 1. The topological polar surface area (TPSA) is 66.5 Å². The minimum Gasteiger partial charge on any atom is -0.359 e. The second-order valence-corrected chi connectivity index (χ2v) is 6.90. The Balaban J connectivity index is 2.16. The molecular formula is C14H20N2O3S. The maximum Gasteiger partial charge on any atom is 0.243 e. The van der Waals surface area contributed by atoms with E-state index in [2.05, 4.69) is 5.32 Å². The molecule has 1 unspecified atom stereocenters. The van der Waals surface area contributed by atoms with Gasteiger partial charge in [-0.15, -0.1) is 0 Å². The van der Waals surface area contributed by atoms with Crippen LogP contribution in [-0.2, 0) is 21.2 Å². The number of aryl methyl sites for hydroxylation is 1. The van der Waals surface area contributed by atoms with Gasteiger partial charge in [-0.3, -0.25) is 4.79 Å². The molecule has 1 aromatic rings. The lowest BCUT2D eigenvalue weighted by molar-refractivity contribution is -0.123. The molecule has 1 aromatic carbocycles. The van der Waals surface area contributed by atoms with Crippen LogP contribution in [0.25, 0.3) is 0 Å². The molecule has 1 aliphatic rings. The lowest BCUT2D eigenvalue weighted by atomic mass is 10.1. The quantitative estimate of drug-likeness (QED) is 0.901. The van der Waals surface area contributed by atoms with Gasteiger partial charge in [-0.1, -0.05) is 19.1 Å². The lowest BCUT2D eigenvalue weighted by Crippen LogP contribution is -2.33. The van der Waals surface area contributed by atoms with Gasteiger partial charge in [-0.05, 0) is 30.5 Å². The van der Waals surface area contributed by atoms with E-state index in [1.807, 2.05) is 19.1 Å². The first-order chi connectivity index (χ1) is 9.48. The van der Waals surface area contributed by atoms with E-state index < -0.39 is 10.0 Å². The van der Waals surface area contributed by atoms with Crippen LogP contribution in [0.15, 0.2) is 29.2 Å². The van der Waals surface area contributed by atoms with Crippen molar-refractivity contribution in [1.82, 2.24) is 9.62 Å². The smallest absolute Gasteiger partial charge is 0.243 e. The van der Waals surface area contributed by atoms with E-state index in [-0.39, 0.29) is 18.4 Å². The van der Waals surface area contributed by atoms with Gasteiger partial charge in [0.25, 0.3) is 0 Å². The van der Waals surface area contributed by atoms with Crippen molar-refractivity contribution in [3.63, 3.8) is 0 Å². The Bertz CT molecular complexity index is 581. The van der Waals surface area contributed by atoms with E-state index in [9.17, 15) is 13.2 Å². The molecule has 0 saturated carbocycles. The lowest BCUT2D eigenvalue weighted by Gasteiger charge is -2.16. The Kier molecular flexibility index (Phi) is 4.45. The summed E-state index contributed by atoms with van der Waals surface area (Å²) < 4.78 is 26.4. The van der Waals surface area contributed by atoms with E-state index >= 15 is 0 Å². The van der Waals surface area contributed by atoms with Crippen LogP contribution in [0, 0.1) is 5.92 Å². The van der Waals surface area contributed by atoms with Crippen molar-refractivity contribution in [2.75, 3.05) is 20.1 Å². The average Bonchev–Trinajstić information content (AvgIpc) is 2.97. The highest BCUT2D eigenvalue weighted by molar-refractivity contribution is 7.89. The van der Waals surface area contributed by atoms with Crippen molar-refractivity contribution in [2.45, 2.75) is 24.7 Å². The number of nitrogens with one attached hydrogen (secondary N) is 1. The predicted octanol–water partition coefficient (Wildman–Crippen LogP) is 1.01. The second-order valence-electron chi connectivity index (χ2n) is 4.96. The molecule has 1 N–H and O–H groups in total. The van der Waals surface area contributed by atoms with Crippen molar-refractivity contribution in [3.8, 4) is 0 Å². The van der Waals surface area contributed by atoms with Gasteiger partial charge in [0.1, 0.15) is 0 Å². The Morgan fingerprint density at radius 3 is 2.55 bits per heavy atom. The average molecular weight is 296 g/mol. The van der Waals surface area contributed by atoms with Crippen LogP contribution < -0.4 is 5.32 Å². The van der Waals surface area contributed by atoms with E-state index in [1.165, 1.54) is 4.31 Å². The van der Waals surface area contributed by atoms with Crippen molar-refractivity contribution >= 4 is 15.9 Å². The summed E-state index contributed by atoms with van der Waals surface area (Å²) in [5.74, 6) is -0.339. The summed E-state index contributed by atoms with van der Waals surface area (Å²) in [7, 11) is -1.91. The highest BCUT2D eigenvalue weighted by atomic mass is 32.2. The van der Waals surface area contributed by atoms with Crippen molar-refractivity contribution < 1.29 is 13.2 Å². The standard InChI is InChI=1S/C14H20N2O3S/c1-3-11-4-6-13(7-5-11)20(18,19)16-9-8-12(10-16)14(17)15-2/h4-7,12H,3,8-10H2,1-2H3,(H,15,17). The van der Waals surface area contributed by atoms with Gasteiger partial charge in [-0.2, -0.15) is 4.31 Å².